The van der Waals surface area contributed by atoms with E-state index >= 15 is 0 Å². The van der Waals surface area contributed by atoms with Gasteiger partial charge < -0.3 is 4.74 Å². The highest BCUT2D eigenvalue weighted by Crippen LogP contribution is 2.30. The lowest BCUT2D eigenvalue weighted by atomic mass is 10.0. The fourth-order valence-electron chi connectivity index (χ4n) is 2.08. The quantitative estimate of drug-likeness (QED) is 0.623. The summed E-state index contributed by atoms with van der Waals surface area (Å²) in [7, 11) is 0. The van der Waals surface area contributed by atoms with Crippen molar-refractivity contribution in [1.29, 1.82) is 0 Å². The molecular formula is C18H12F2O. The smallest absolute Gasteiger partial charge is 0.134 e. The van der Waals surface area contributed by atoms with Gasteiger partial charge in [-0.1, -0.05) is 36.4 Å². The first-order valence-corrected chi connectivity index (χ1v) is 6.51. The maximum Gasteiger partial charge on any atom is 0.134 e. The topological polar surface area (TPSA) is 9.23 Å². The van der Waals surface area contributed by atoms with Crippen LogP contribution < -0.4 is 4.74 Å². The Morgan fingerprint density at radius 2 is 1.24 bits per heavy atom. The minimum atomic E-state index is -0.520. The van der Waals surface area contributed by atoms with Gasteiger partial charge in [-0.3, -0.25) is 0 Å². The van der Waals surface area contributed by atoms with Crippen LogP contribution in [0.15, 0.2) is 72.8 Å². The Hall–Kier alpha value is -2.68. The number of hydrogen-bond donors (Lipinski definition) is 0. The molecule has 0 heterocycles. The summed E-state index contributed by atoms with van der Waals surface area (Å²) in [5.41, 5.74) is 0.453. The summed E-state index contributed by atoms with van der Waals surface area (Å²) >= 11 is 0. The monoisotopic (exact) mass is 282 g/mol. The van der Waals surface area contributed by atoms with Crippen LogP contribution >= 0.6 is 0 Å². The minimum absolute atomic E-state index is 0.216. The van der Waals surface area contributed by atoms with E-state index in [-0.39, 0.29) is 11.1 Å². The molecule has 0 atom stereocenters. The zero-order valence-electron chi connectivity index (χ0n) is 11.1. The Balaban J connectivity index is 1.92. The fourth-order valence-corrected chi connectivity index (χ4v) is 2.08. The lowest BCUT2D eigenvalue weighted by molar-refractivity contribution is 0.477. The van der Waals surface area contributed by atoms with E-state index in [1.54, 1.807) is 36.4 Å². The molecule has 0 aliphatic heterocycles. The van der Waals surface area contributed by atoms with E-state index in [4.69, 9.17) is 4.74 Å². The summed E-state index contributed by atoms with van der Waals surface area (Å²) < 4.78 is 33.4. The van der Waals surface area contributed by atoms with Crippen molar-refractivity contribution in [1.82, 2.24) is 0 Å². The van der Waals surface area contributed by atoms with Gasteiger partial charge in [-0.25, -0.2) is 8.78 Å². The van der Waals surface area contributed by atoms with E-state index in [2.05, 4.69) is 0 Å². The van der Waals surface area contributed by atoms with Gasteiger partial charge >= 0.3 is 0 Å². The molecule has 0 bridgehead atoms. The van der Waals surface area contributed by atoms with Crippen LogP contribution in [0.1, 0.15) is 0 Å². The van der Waals surface area contributed by atoms with Crippen LogP contribution in [0.2, 0.25) is 0 Å². The summed E-state index contributed by atoms with van der Waals surface area (Å²) in [5, 5.41) is 0. The van der Waals surface area contributed by atoms with Crippen LogP contribution in [-0.2, 0) is 0 Å². The first-order chi connectivity index (χ1) is 10.2. The third kappa shape index (κ3) is 2.92. The Bertz CT molecular complexity index is 754. The van der Waals surface area contributed by atoms with E-state index in [0.717, 1.165) is 0 Å². The SMILES string of the molecule is Fc1ccccc1-c1ccc(Oc2ccccc2)cc1F. The van der Waals surface area contributed by atoms with Crippen LogP contribution in [-0.4, -0.2) is 0 Å². The van der Waals surface area contributed by atoms with E-state index in [9.17, 15) is 8.78 Å². The molecule has 3 aromatic rings. The number of benzene rings is 3. The van der Waals surface area contributed by atoms with Crippen molar-refractivity contribution in [2.75, 3.05) is 0 Å². The second-order valence-electron chi connectivity index (χ2n) is 4.54. The summed E-state index contributed by atoms with van der Waals surface area (Å²) in [5.74, 6) is 0.0241. The standard InChI is InChI=1S/C18H12F2O/c19-17-9-5-4-8-15(17)16-11-10-14(12-18(16)20)21-13-6-2-1-3-7-13/h1-12H. The van der Waals surface area contributed by atoms with Crippen LogP contribution in [0.5, 0.6) is 11.5 Å². The molecule has 0 aromatic heterocycles. The first kappa shape index (κ1) is 13.3. The largest absolute Gasteiger partial charge is 0.457 e. The van der Waals surface area contributed by atoms with Gasteiger partial charge in [0.2, 0.25) is 0 Å². The molecule has 0 saturated heterocycles. The molecule has 0 spiro atoms. The normalized spacial score (nSPS) is 10.4. The Morgan fingerprint density at radius 3 is 1.95 bits per heavy atom. The summed E-state index contributed by atoms with van der Waals surface area (Å²) in [6, 6.07) is 19.6. The molecule has 104 valence electrons. The van der Waals surface area contributed by atoms with Gasteiger partial charge in [-0.05, 0) is 30.3 Å². The molecule has 3 rings (SSSR count). The second-order valence-corrected chi connectivity index (χ2v) is 4.54. The minimum Gasteiger partial charge on any atom is -0.457 e. The van der Waals surface area contributed by atoms with Gasteiger partial charge in [-0.2, -0.15) is 0 Å². The molecule has 0 aliphatic carbocycles. The molecule has 0 unspecified atom stereocenters. The maximum absolute atomic E-state index is 14.2. The maximum atomic E-state index is 14.2. The molecule has 0 aliphatic rings. The number of rotatable bonds is 3. The summed E-state index contributed by atoms with van der Waals surface area (Å²) in [6.45, 7) is 0. The molecule has 0 fully saturated rings. The predicted octanol–water partition coefficient (Wildman–Crippen LogP) is 5.42. The van der Waals surface area contributed by atoms with Crippen LogP contribution in [0.25, 0.3) is 11.1 Å². The van der Waals surface area contributed by atoms with Crippen LogP contribution in [0, 0.1) is 11.6 Å². The molecule has 3 aromatic carbocycles. The Morgan fingerprint density at radius 1 is 0.571 bits per heavy atom. The average molecular weight is 282 g/mol. The Labute approximate surface area is 121 Å². The van der Waals surface area contributed by atoms with Gasteiger partial charge in [0.25, 0.3) is 0 Å². The van der Waals surface area contributed by atoms with Crippen molar-refractivity contribution in [3.05, 3.63) is 84.4 Å². The predicted molar refractivity (Wildman–Crippen MR) is 78.3 cm³/mol. The van der Waals surface area contributed by atoms with Crippen molar-refractivity contribution in [3.63, 3.8) is 0 Å². The zero-order chi connectivity index (χ0) is 14.7. The lowest BCUT2D eigenvalue weighted by Crippen LogP contribution is -1.90. The highest BCUT2D eigenvalue weighted by Gasteiger charge is 2.10. The lowest BCUT2D eigenvalue weighted by Gasteiger charge is -2.09. The van der Waals surface area contributed by atoms with Crippen molar-refractivity contribution >= 4 is 0 Å². The molecule has 1 nitrogen and oxygen atoms in total. The van der Waals surface area contributed by atoms with Gasteiger partial charge in [0.05, 0.1) is 0 Å². The van der Waals surface area contributed by atoms with E-state index in [1.165, 1.54) is 18.2 Å². The van der Waals surface area contributed by atoms with Crippen molar-refractivity contribution < 1.29 is 13.5 Å². The van der Waals surface area contributed by atoms with Crippen LogP contribution in [0.3, 0.4) is 0 Å². The molecule has 0 saturated carbocycles. The number of halogens is 2. The molecule has 21 heavy (non-hydrogen) atoms. The van der Waals surface area contributed by atoms with E-state index < -0.39 is 11.6 Å². The highest BCUT2D eigenvalue weighted by atomic mass is 19.1. The second kappa shape index (κ2) is 5.75. The number of hydrogen-bond acceptors (Lipinski definition) is 1. The average Bonchev–Trinajstić information content (AvgIpc) is 2.50. The van der Waals surface area contributed by atoms with Gasteiger partial charge in [0, 0.05) is 17.2 Å². The fraction of sp³-hybridized carbons (Fsp3) is 0. The zero-order valence-corrected chi connectivity index (χ0v) is 11.1. The first-order valence-electron chi connectivity index (χ1n) is 6.51. The summed E-state index contributed by atoms with van der Waals surface area (Å²) in [6.07, 6.45) is 0. The summed E-state index contributed by atoms with van der Waals surface area (Å²) in [4.78, 5) is 0. The van der Waals surface area contributed by atoms with E-state index in [1.807, 2.05) is 18.2 Å². The van der Waals surface area contributed by atoms with Gasteiger partial charge in [0.1, 0.15) is 23.1 Å². The van der Waals surface area contributed by atoms with Gasteiger partial charge in [0.15, 0.2) is 0 Å². The van der Waals surface area contributed by atoms with Crippen LogP contribution in [0.4, 0.5) is 8.78 Å². The molecular weight excluding hydrogens is 270 g/mol. The Kier molecular flexibility index (Phi) is 3.65. The third-order valence-corrected chi connectivity index (χ3v) is 3.08. The molecule has 0 radical (unpaired) electrons. The van der Waals surface area contributed by atoms with Crippen molar-refractivity contribution in [2.24, 2.45) is 0 Å². The van der Waals surface area contributed by atoms with Crippen molar-refractivity contribution in [2.45, 2.75) is 0 Å². The third-order valence-electron chi connectivity index (χ3n) is 3.08. The number of ether oxygens (including phenoxy) is 1. The molecule has 0 N–H and O–H groups in total. The van der Waals surface area contributed by atoms with Crippen molar-refractivity contribution in [3.8, 4) is 22.6 Å². The molecule has 0 amide bonds. The van der Waals surface area contributed by atoms with E-state index in [0.29, 0.717) is 11.5 Å². The highest BCUT2D eigenvalue weighted by molar-refractivity contribution is 5.65. The number of para-hydroxylation sites is 1. The van der Waals surface area contributed by atoms with Gasteiger partial charge in [-0.15, -0.1) is 0 Å². The molecule has 3 heteroatoms.